The number of rotatable bonds is 9. The van der Waals surface area contributed by atoms with Crippen molar-refractivity contribution in [3.63, 3.8) is 0 Å². The quantitative estimate of drug-likeness (QED) is 0.305. The van der Waals surface area contributed by atoms with E-state index in [4.69, 9.17) is 9.47 Å². The first-order valence-corrected chi connectivity index (χ1v) is 12.6. The Labute approximate surface area is 207 Å². The van der Waals surface area contributed by atoms with E-state index in [1.165, 1.54) is 16.9 Å². The third-order valence-electron chi connectivity index (χ3n) is 5.09. The van der Waals surface area contributed by atoms with Gasteiger partial charge in [0.2, 0.25) is 0 Å². The lowest BCUT2D eigenvalue weighted by molar-refractivity contribution is -0.118. The van der Waals surface area contributed by atoms with Crippen LogP contribution < -0.4 is 10.1 Å². The number of anilines is 1. The number of ether oxygens (including phenoxy) is 2. The number of hydrogen-bond acceptors (Lipinski definition) is 5. The van der Waals surface area contributed by atoms with Gasteiger partial charge in [-0.05, 0) is 71.9 Å². The monoisotopic (exact) mass is 529 g/mol. The average molecular weight is 530 g/mol. The summed E-state index contributed by atoms with van der Waals surface area (Å²) in [4.78, 5) is 25.4. The summed E-state index contributed by atoms with van der Waals surface area (Å²) in [5.41, 5.74) is 5.46. The van der Waals surface area contributed by atoms with E-state index in [9.17, 15) is 9.59 Å². The van der Waals surface area contributed by atoms with E-state index in [1.54, 1.807) is 6.92 Å². The Morgan fingerprint density at radius 1 is 1.06 bits per heavy atom. The fourth-order valence-corrected chi connectivity index (χ4v) is 5.09. The molecule has 0 spiro atoms. The predicted molar refractivity (Wildman–Crippen MR) is 137 cm³/mol. The second-order valence-electron chi connectivity index (χ2n) is 7.74. The molecule has 0 radical (unpaired) electrons. The Hall–Kier alpha value is -2.64. The predicted octanol–water partition coefficient (Wildman–Crippen LogP) is 6.94. The van der Waals surface area contributed by atoms with Crippen molar-refractivity contribution >= 4 is 44.1 Å². The summed E-state index contributed by atoms with van der Waals surface area (Å²) >= 11 is 4.81. The van der Waals surface area contributed by atoms with Crippen LogP contribution in [0.3, 0.4) is 0 Å². The van der Waals surface area contributed by atoms with Gasteiger partial charge >= 0.3 is 5.97 Å². The van der Waals surface area contributed by atoms with Crippen LogP contribution >= 0.6 is 27.3 Å². The molecule has 3 rings (SSSR count). The number of amides is 1. The molecule has 0 fully saturated rings. The molecule has 0 aliphatic carbocycles. The number of halogens is 1. The van der Waals surface area contributed by atoms with E-state index in [2.05, 4.69) is 34.2 Å². The molecular weight excluding hydrogens is 502 g/mol. The molecule has 0 aliphatic heterocycles. The fourth-order valence-electron chi connectivity index (χ4n) is 3.58. The van der Waals surface area contributed by atoms with Gasteiger partial charge in [-0.15, -0.1) is 11.3 Å². The largest absolute Gasteiger partial charge is 0.483 e. The van der Waals surface area contributed by atoms with Crippen molar-refractivity contribution in [2.45, 2.75) is 40.5 Å². The zero-order valence-electron chi connectivity index (χ0n) is 19.3. The third kappa shape index (κ3) is 6.24. The van der Waals surface area contributed by atoms with Gasteiger partial charge in [0.25, 0.3) is 5.91 Å². The van der Waals surface area contributed by atoms with Crippen molar-refractivity contribution < 1.29 is 19.1 Å². The molecule has 0 atom stereocenters. The number of carbonyl (C=O) groups excluding carboxylic acids is 2. The van der Waals surface area contributed by atoms with Crippen molar-refractivity contribution in [3.05, 3.63) is 68.5 Å². The topological polar surface area (TPSA) is 64.6 Å². The van der Waals surface area contributed by atoms with Gasteiger partial charge in [0.1, 0.15) is 16.3 Å². The summed E-state index contributed by atoms with van der Waals surface area (Å²) in [7, 11) is 0. The minimum atomic E-state index is -0.459. The van der Waals surface area contributed by atoms with Gasteiger partial charge in [-0.3, -0.25) is 4.79 Å². The molecule has 1 aromatic heterocycles. The average Bonchev–Trinajstić information content (AvgIpc) is 3.16. The Balaban J connectivity index is 1.79. The molecule has 0 saturated carbocycles. The first-order chi connectivity index (χ1) is 15.8. The summed E-state index contributed by atoms with van der Waals surface area (Å²) < 4.78 is 11.8. The maximum absolute atomic E-state index is 12.8. The van der Waals surface area contributed by atoms with Gasteiger partial charge in [-0.2, -0.15) is 0 Å². The van der Waals surface area contributed by atoms with Gasteiger partial charge in [0.05, 0.1) is 11.1 Å². The molecule has 0 unspecified atom stereocenters. The standard InChI is InChI=1S/C26H28BrNO4S/c1-5-7-18-9-11-22(21(27)13-18)32-14-23(29)28-25-24(26(30)31-6-2)20(15-33-25)19-10-8-16(3)12-17(19)4/h8-13,15H,5-7,14H2,1-4H3,(H,28,29). The van der Waals surface area contributed by atoms with Gasteiger partial charge in [0.15, 0.2) is 6.61 Å². The van der Waals surface area contributed by atoms with Crippen LogP contribution in [0.5, 0.6) is 5.75 Å². The summed E-state index contributed by atoms with van der Waals surface area (Å²) in [5.74, 6) is -0.212. The number of hydrogen-bond donors (Lipinski definition) is 1. The number of nitrogens with one attached hydrogen (secondary N) is 1. The zero-order valence-corrected chi connectivity index (χ0v) is 21.7. The number of benzene rings is 2. The summed E-state index contributed by atoms with van der Waals surface area (Å²) in [6.07, 6.45) is 2.04. The molecular formula is C26H28BrNO4S. The van der Waals surface area contributed by atoms with Crippen molar-refractivity contribution in [3.8, 4) is 16.9 Å². The molecule has 1 amide bonds. The highest BCUT2D eigenvalue weighted by Gasteiger charge is 2.23. The Bertz CT molecular complexity index is 1160. The lowest BCUT2D eigenvalue weighted by Crippen LogP contribution is -2.21. The van der Waals surface area contributed by atoms with E-state index < -0.39 is 5.97 Å². The zero-order chi connectivity index (χ0) is 24.0. The van der Waals surface area contributed by atoms with Crippen molar-refractivity contribution in [1.82, 2.24) is 0 Å². The van der Waals surface area contributed by atoms with Crippen molar-refractivity contribution in [2.75, 3.05) is 18.5 Å². The summed E-state index contributed by atoms with van der Waals surface area (Å²) in [5, 5.41) is 5.16. The van der Waals surface area contributed by atoms with Gasteiger partial charge < -0.3 is 14.8 Å². The van der Waals surface area contributed by atoms with E-state index >= 15 is 0 Å². The maximum Gasteiger partial charge on any atom is 0.341 e. The first kappa shape index (κ1) is 25.0. The van der Waals surface area contributed by atoms with E-state index in [1.807, 2.05) is 49.6 Å². The molecule has 0 aliphatic rings. The van der Waals surface area contributed by atoms with Crippen LogP contribution in [0.4, 0.5) is 5.00 Å². The molecule has 1 N–H and O–H groups in total. The van der Waals surface area contributed by atoms with Crippen LogP contribution in [-0.4, -0.2) is 25.1 Å². The number of aryl methyl sites for hydroxylation is 3. The van der Waals surface area contributed by atoms with Crippen LogP contribution in [0.2, 0.25) is 0 Å². The molecule has 33 heavy (non-hydrogen) atoms. The molecule has 3 aromatic rings. The molecule has 2 aromatic carbocycles. The summed E-state index contributed by atoms with van der Waals surface area (Å²) in [6, 6.07) is 11.9. The van der Waals surface area contributed by atoms with Crippen LogP contribution in [0.25, 0.3) is 11.1 Å². The molecule has 5 nitrogen and oxygen atoms in total. The van der Waals surface area contributed by atoms with Crippen LogP contribution in [0.15, 0.2) is 46.3 Å². The number of esters is 1. The van der Waals surface area contributed by atoms with Crippen LogP contribution in [0, 0.1) is 13.8 Å². The minimum Gasteiger partial charge on any atom is -0.483 e. The lowest BCUT2D eigenvalue weighted by atomic mass is 9.97. The second-order valence-corrected chi connectivity index (χ2v) is 9.48. The van der Waals surface area contributed by atoms with Crippen molar-refractivity contribution in [1.29, 1.82) is 0 Å². The van der Waals surface area contributed by atoms with Crippen LogP contribution in [0.1, 0.15) is 47.3 Å². The normalized spacial score (nSPS) is 10.7. The number of thiophene rings is 1. The highest BCUT2D eigenvalue weighted by Crippen LogP contribution is 2.38. The Morgan fingerprint density at radius 2 is 1.85 bits per heavy atom. The highest BCUT2D eigenvalue weighted by molar-refractivity contribution is 9.10. The van der Waals surface area contributed by atoms with Gasteiger partial charge in [0, 0.05) is 10.9 Å². The SMILES string of the molecule is CCCc1ccc(OCC(=O)Nc2scc(-c3ccc(C)cc3C)c2C(=O)OCC)c(Br)c1. The Kier molecular flexibility index (Phi) is 8.69. The molecule has 0 bridgehead atoms. The molecule has 0 saturated heterocycles. The molecule has 7 heteroatoms. The van der Waals surface area contributed by atoms with E-state index in [0.717, 1.165) is 39.6 Å². The Morgan fingerprint density at radius 3 is 2.52 bits per heavy atom. The molecule has 174 valence electrons. The van der Waals surface area contributed by atoms with Crippen molar-refractivity contribution in [2.24, 2.45) is 0 Å². The van der Waals surface area contributed by atoms with Gasteiger partial charge in [-0.1, -0.05) is 43.2 Å². The molecule has 1 heterocycles. The smallest absolute Gasteiger partial charge is 0.341 e. The minimum absolute atomic E-state index is 0.176. The second kappa shape index (κ2) is 11.5. The van der Waals surface area contributed by atoms with Crippen LogP contribution in [-0.2, 0) is 16.0 Å². The highest BCUT2D eigenvalue weighted by atomic mass is 79.9. The number of carbonyl (C=O) groups is 2. The van der Waals surface area contributed by atoms with Gasteiger partial charge in [-0.25, -0.2) is 4.79 Å². The summed E-state index contributed by atoms with van der Waals surface area (Å²) in [6.45, 7) is 7.99. The van der Waals surface area contributed by atoms with E-state index in [0.29, 0.717) is 16.3 Å². The fraction of sp³-hybridized carbons (Fsp3) is 0.308. The maximum atomic E-state index is 12.8. The van der Waals surface area contributed by atoms with E-state index in [-0.39, 0.29) is 19.1 Å². The third-order valence-corrected chi connectivity index (χ3v) is 6.60. The first-order valence-electron chi connectivity index (χ1n) is 10.9. The lowest BCUT2D eigenvalue weighted by Gasteiger charge is -2.12.